The van der Waals surface area contributed by atoms with Crippen molar-refractivity contribution in [3.8, 4) is 0 Å². The molecular weight excluding hydrogens is 144 g/mol. The fourth-order valence-electron chi connectivity index (χ4n) is 0.537. The van der Waals surface area contributed by atoms with Gasteiger partial charge in [0.15, 0.2) is 0 Å². The Labute approximate surface area is 67.4 Å². The summed E-state index contributed by atoms with van der Waals surface area (Å²) in [5.74, 6) is -0.771. The Morgan fingerprint density at radius 2 is 1.73 bits per heavy atom. The first-order chi connectivity index (χ1) is 4.95. The lowest BCUT2D eigenvalue weighted by molar-refractivity contribution is -0.155. The van der Waals surface area contributed by atoms with E-state index < -0.39 is 12.0 Å². The van der Waals surface area contributed by atoms with Crippen molar-refractivity contribution in [3.05, 3.63) is 0 Å². The molecule has 66 valence electrons. The number of esters is 1. The van der Waals surface area contributed by atoms with Crippen LogP contribution in [0.25, 0.3) is 0 Å². The summed E-state index contributed by atoms with van der Waals surface area (Å²) in [6.45, 7) is 6.79. The van der Waals surface area contributed by atoms with E-state index in [9.17, 15) is 4.79 Å². The molecule has 0 spiro atoms. The van der Waals surface area contributed by atoms with E-state index in [1.165, 1.54) is 0 Å². The Kier molecular flexibility index (Phi) is 4.11. The summed E-state index contributed by atoms with van der Waals surface area (Å²) in [7, 11) is 0. The molecule has 0 aromatic heterocycles. The number of aliphatic hydroxyl groups excluding tert-OH is 1. The molecule has 0 radical (unpaired) electrons. The van der Waals surface area contributed by atoms with Gasteiger partial charge >= 0.3 is 5.97 Å². The van der Waals surface area contributed by atoms with Crippen LogP contribution in [0.3, 0.4) is 0 Å². The number of carbonyl (C=O) groups excluding carboxylic acids is 1. The fourth-order valence-corrected chi connectivity index (χ4v) is 0.537. The maximum absolute atomic E-state index is 11.0. The normalized spacial score (nSPS) is 16.2. The van der Waals surface area contributed by atoms with E-state index in [1.807, 2.05) is 0 Å². The molecule has 11 heavy (non-hydrogen) atoms. The SMILES string of the molecule is CC(C)OC(=O)[C@H](C)[C@@H](C)O. The van der Waals surface area contributed by atoms with Crippen molar-refractivity contribution < 1.29 is 14.6 Å². The predicted molar refractivity (Wildman–Crippen MR) is 42.1 cm³/mol. The lowest BCUT2D eigenvalue weighted by atomic mass is 10.1. The van der Waals surface area contributed by atoms with Gasteiger partial charge < -0.3 is 9.84 Å². The molecule has 3 heteroatoms. The van der Waals surface area contributed by atoms with Crippen LogP contribution < -0.4 is 0 Å². The van der Waals surface area contributed by atoms with Gasteiger partial charge in [0.25, 0.3) is 0 Å². The Morgan fingerprint density at radius 3 is 2.00 bits per heavy atom. The van der Waals surface area contributed by atoms with Gasteiger partial charge in [0.1, 0.15) is 0 Å². The molecule has 0 unspecified atom stereocenters. The lowest BCUT2D eigenvalue weighted by Crippen LogP contribution is -2.26. The van der Waals surface area contributed by atoms with E-state index in [1.54, 1.807) is 27.7 Å². The largest absolute Gasteiger partial charge is 0.463 e. The molecule has 3 nitrogen and oxygen atoms in total. The third-order valence-corrected chi connectivity index (χ3v) is 1.45. The molecule has 0 saturated heterocycles. The molecule has 0 aliphatic rings. The monoisotopic (exact) mass is 160 g/mol. The Bertz CT molecular complexity index is 129. The fraction of sp³-hybridized carbons (Fsp3) is 0.875. The molecule has 0 fully saturated rings. The summed E-state index contributed by atoms with van der Waals surface area (Å²) in [6.07, 6.45) is -0.745. The van der Waals surface area contributed by atoms with Crippen molar-refractivity contribution in [3.63, 3.8) is 0 Å². The molecule has 0 aliphatic heterocycles. The van der Waals surface area contributed by atoms with Crippen molar-refractivity contribution in [2.24, 2.45) is 5.92 Å². The zero-order valence-electron chi connectivity index (χ0n) is 7.50. The molecule has 0 aromatic carbocycles. The zero-order valence-corrected chi connectivity index (χ0v) is 7.50. The van der Waals surface area contributed by atoms with E-state index in [2.05, 4.69) is 0 Å². The second-order valence-corrected chi connectivity index (χ2v) is 3.01. The molecule has 0 aliphatic carbocycles. The molecule has 2 atom stereocenters. The summed E-state index contributed by atoms with van der Waals surface area (Å²) in [5, 5.41) is 9.00. The van der Waals surface area contributed by atoms with Crippen LogP contribution in [0.5, 0.6) is 0 Å². The second kappa shape index (κ2) is 4.34. The number of hydrogen-bond acceptors (Lipinski definition) is 3. The zero-order chi connectivity index (χ0) is 9.02. The van der Waals surface area contributed by atoms with Crippen LogP contribution in [0.15, 0.2) is 0 Å². The quantitative estimate of drug-likeness (QED) is 0.625. The van der Waals surface area contributed by atoms with Crippen LogP contribution >= 0.6 is 0 Å². The van der Waals surface area contributed by atoms with Crippen LogP contribution in [0.2, 0.25) is 0 Å². The number of carbonyl (C=O) groups is 1. The maximum atomic E-state index is 11.0. The van der Waals surface area contributed by atoms with Crippen LogP contribution in [-0.4, -0.2) is 23.3 Å². The molecule has 0 rings (SSSR count). The third kappa shape index (κ3) is 3.98. The molecule has 0 amide bonds. The van der Waals surface area contributed by atoms with E-state index >= 15 is 0 Å². The Hall–Kier alpha value is -0.570. The number of hydrogen-bond donors (Lipinski definition) is 1. The average molecular weight is 160 g/mol. The minimum atomic E-state index is -0.638. The van der Waals surface area contributed by atoms with Crippen molar-refractivity contribution in [2.45, 2.75) is 39.9 Å². The van der Waals surface area contributed by atoms with Gasteiger partial charge in [-0.05, 0) is 27.7 Å². The van der Waals surface area contributed by atoms with Crippen LogP contribution in [0.4, 0.5) is 0 Å². The summed E-state index contributed by atoms with van der Waals surface area (Å²) < 4.78 is 4.87. The summed E-state index contributed by atoms with van der Waals surface area (Å²) in [6, 6.07) is 0. The van der Waals surface area contributed by atoms with E-state index in [-0.39, 0.29) is 12.1 Å². The van der Waals surface area contributed by atoms with Crippen LogP contribution in [-0.2, 0) is 9.53 Å². The van der Waals surface area contributed by atoms with Gasteiger partial charge in [-0.15, -0.1) is 0 Å². The number of aliphatic hydroxyl groups is 1. The van der Waals surface area contributed by atoms with Crippen molar-refractivity contribution in [1.29, 1.82) is 0 Å². The first-order valence-electron chi connectivity index (χ1n) is 3.83. The minimum Gasteiger partial charge on any atom is -0.463 e. The van der Waals surface area contributed by atoms with Gasteiger partial charge in [0.05, 0.1) is 18.1 Å². The van der Waals surface area contributed by atoms with Gasteiger partial charge in [0.2, 0.25) is 0 Å². The number of ether oxygens (including phenoxy) is 1. The van der Waals surface area contributed by atoms with Crippen LogP contribution in [0, 0.1) is 5.92 Å². The Morgan fingerprint density at radius 1 is 1.27 bits per heavy atom. The summed E-state index contributed by atoms with van der Waals surface area (Å²) in [4.78, 5) is 11.0. The van der Waals surface area contributed by atoms with Crippen molar-refractivity contribution in [2.75, 3.05) is 0 Å². The maximum Gasteiger partial charge on any atom is 0.311 e. The van der Waals surface area contributed by atoms with Crippen LogP contribution in [0.1, 0.15) is 27.7 Å². The summed E-state index contributed by atoms with van der Waals surface area (Å²) in [5.41, 5.74) is 0. The first-order valence-corrected chi connectivity index (χ1v) is 3.83. The second-order valence-electron chi connectivity index (χ2n) is 3.01. The molecule has 1 N–H and O–H groups in total. The predicted octanol–water partition coefficient (Wildman–Crippen LogP) is 0.955. The highest BCUT2D eigenvalue weighted by Gasteiger charge is 2.20. The van der Waals surface area contributed by atoms with Gasteiger partial charge in [0, 0.05) is 0 Å². The van der Waals surface area contributed by atoms with Crippen molar-refractivity contribution in [1.82, 2.24) is 0 Å². The third-order valence-electron chi connectivity index (χ3n) is 1.45. The minimum absolute atomic E-state index is 0.108. The molecule has 0 saturated carbocycles. The van der Waals surface area contributed by atoms with Gasteiger partial charge in [-0.25, -0.2) is 0 Å². The van der Waals surface area contributed by atoms with Gasteiger partial charge in [-0.1, -0.05) is 0 Å². The summed E-state index contributed by atoms with van der Waals surface area (Å²) >= 11 is 0. The molecule has 0 aromatic rings. The van der Waals surface area contributed by atoms with Gasteiger partial charge in [-0.2, -0.15) is 0 Å². The van der Waals surface area contributed by atoms with E-state index in [4.69, 9.17) is 9.84 Å². The highest BCUT2D eigenvalue weighted by molar-refractivity contribution is 5.72. The van der Waals surface area contributed by atoms with E-state index in [0.717, 1.165) is 0 Å². The Balaban J connectivity index is 3.83. The highest BCUT2D eigenvalue weighted by atomic mass is 16.5. The number of rotatable bonds is 3. The highest BCUT2D eigenvalue weighted by Crippen LogP contribution is 2.05. The molecule has 0 heterocycles. The standard InChI is InChI=1S/C8H16O3/c1-5(2)11-8(10)6(3)7(4)9/h5-7,9H,1-4H3/t6-,7-/m1/s1. The smallest absolute Gasteiger partial charge is 0.311 e. The first kappa shape index (κ1) is 10.4. The molecule has 0 bridgehead atoms. The lowest BCUT2D eigenvalue weighted by Gasteiger charge is -2.15. The average Bonchev–Trinajstić information content (AvgIpc) is 1.84. The van der Waals surface area contributed by atoms with Gasteiger partial charge in [-0.3, -0.25) is 4.79 Å². The topological polar surface area (TPSA) is 46.5 Å². The van der Waals surface area contributed by atoms with Crippen molar-refractivity contribution >= 4 is 5.97 Å². The molecular formula is C8H16O3. The van der Waals surface area contributed by atoms with E-state index in [0.29, 0.717) is 0 Å².